The maximum Gasteiger partial charge on any atom is 0.410 e. The second-order valence-electron chi connectivity index (χ2n) is 8.05. The lowest BCUT2D eigenvalue weighted by Gasteiger charge is -2.39. The molecule has 1 aromatic rings. The van der Waals surface area contributed by atoms with Crippen molar-refractivity contribution >= 4 is 35.3 Å². The van der Waals surface area contributed by atoms with Crippen LogP contribution >= 0.6 is 11.6 Å². The molecule has 1 amide bonds. The van der Waals surface area contributed by atoms with Gasteiger partial charge < -0.3 is 25.2 Å². The number of amides is 1. The highest BCUT2D eigenvalue weighted by atomic mass is 35.5. The molecule has 0 saturated carbocycles. The van der Waals surface area contributed by atoms with E-state index in [2.05, 4.69) is 9.89 Å². The third-order valence-electron chi connectivity index (χ3n) is 4.99. The molecule has 2 rings (SSSR count). The highest BCUT2D eigenvalue weighted by Crippen LogP contribution is 2.29. The first-order chi connectivity index (χ1) is 14.5. The topological polar surface area (TPSA) is 126 Å². The lowest BCUT2D eigenvalue weighted by molar-refractivity contribution is -0.144. The van der Waals surface area contributed by atoms with Crippen LogP contribution in [0, 0.1) is 6.92 Å². The number of aliphatic hydroxyl groups excluding tert-OH is 1. The van der Waals surface area contributed by atoms with Crippen molar-refractivity contribution < 1.29 is 24.8 Å². The zero-order chi connectivity index (χ0) is 23.3. The molecule has 31 heavy (non-hydrogen) atoms. The van der Waals surface area contributed by atoms with Crippen LogP contribution in [0.5, 0.6) is 0 Å². The third kappa shape index (κ3) is 7.09. The first kappa shape index (κ1) is 24.9. The number of hydrogen-bond acceptors (Lipinski definition) is 6. The quantitative estimate of drug-likeness (QED) is 0.453. The van der Waals surface area contributed by atoms with Gasteiger partial charge in [0.2, 0.25) is 0 Å². The number of hydrogen-bond donors (Lipinski definition) is 3. The fraction of sp³-hybridized carbons (Fsp3) is 0.571. The smallest absolute Gasteiger partial charge is 0.410 e. The summed E-state index contributed by atoms with van der Waals surface area (Å²) in [7, 11) is 0. The number of piperazine rings is 1. The summed E-state index contributed by atoms with van der Waals surface area (Å²) in [5, 5.41) is 15.5. The molecule has 1 aromatic carbocycles. The molecule has 0 aliphatic carbocycles. The molecule has 9 nitrogen and oxygen atoms in total. The monoisotopic (exact) mass is 454 g/mol. The van der Waals surface area contributed by atoms with Crippen LogP contribution in [0.25, 0.3) is 0 Å². The number of carbonyl (C=O) groups excluding carboxylic acids is 1. The highest BCUT2D eigenvalue weighted by molar-refractivity contribution is 6.31. The molecule has 5 N–H and O–H groups in total. The van der Waals surface area contributed by atoms with Gasteiger partial charge in [-0.1, -0.05) is 11.6 Å². The van der Waals surface area contributed by atoms with E-state index in [1.165, 1.54) is 6.92 Å². The minimum absolute atomic E-state index is 0.0278. The molecule has 0 bridgehead atoms. The minimum atomic E-state index is -0.969. The van der Waals surface area contributed by atoms with E-state index in [1.54, 1.807) is 11.0 Å². The molecule has 172 valence electrons. The minimum Gasteiger partial charge on any atom is -0.447 e. The van der Waals surface area contributed by atoms with Gasteiger partial charge in [0.05, 0.1) is 11.8 Å². The lowest BCUT2D eigenvalue weighted by Crippen LogP contribution is -2.54. The molecule has 0 spiro atoms. The largest absolute Gasteiger partial charge is 0.447 e. The van der Waals surface area contributed by atoms with E-state index in [-0.39, 0.29) is 30.2 Å². The molecule has 10 heteroatoms. The predicted molar refractivity (Wildman–Crippen MR) is 120 cm³/mol. The van der Waals surface area contributed by atoms with Gasteiger partial charge in [-0.15, -0.1) is 0 Å². The Morgan fingerprint density at radius 3 is 2.65 bits per heavy atom. The molecule has 1 aliphatic rings. The molecule has 1 heterocycles. The Kier molecular flexibility index (Phi) is 8.67. The van der Waals surface area contributed by atoms with Crippen LogP contribution < -0.4 is 11.1 Å². The molecule has 1 aliphatic heterocycles. The summed E-state index contributed by atoms with van der Waals surface area (Å²) in [6.07, 6.45) is -1.39. The van der Waals surface area contributed by atoms with Crippen LogP contribution in [0.2, 0.25) is 5.02 Å². The summed E-state index contributed by atoms with van der Waals surface area (Å²) in [6.45, 7) is 11.8. The van der Waals surface area contributed by atoms with Crippen molar-refractivity contribution in [2.24, 2.45) is 10.7 Å². The number of rotatable bonds is 5. The molecule has 0 aromatic heterocycles. The van der Waals surface area contributed by atoms with Crippen LogP contribution in [-0.4, -0.2) is 70.8 Å². The van der Waals surface area contributed by atoms with Gasteiger partial charge >= 0.3 is 12.0 Å². The molecular weight excluding hydrogens is 422 g/mol. The molecular formula is C21H33ClN5O4+. The maximum atomic E-state index is 12.3. The molecule has 0 unspecified atom stereocenters. The third-order valence-corrected chi connectivity index (χ3v) is 5.21. The zero-order valence-corrected chi connectivity index (χ0v) is 19.5. The Morgan fingerprint density at radius 2 is 2.06 bits per heavy atom. The Bertz CT molecular complexity index is 843. The van der Waals surface area contributed by atoms with Gasteiger partial charge in [0.15, 0.2) is 6.10 Å². The van der Waals surface area contributed by atoms with E-state index in [1.807, 2.05) is 33.8 Å². The van der Waals surface area contributed by atoms with E-state index in [0.29, 0.717) is 36.9 Å². The number of benzene rings is 1. The van der Waals surface area contributed by atoms with Crippen molar-refractivity contribution in [1.29, 1.82) is 0 Å². The van der Waals surface area contributed by atoms with Crippen molar-refractivity contribution in [3.8, 4) is 0 Å². The number of aliphatic imine (C=N–C) groups is 1. The lowest BCUT2D eigenvalue weighted by atomic mass is 10.1. The van der Waals surface area contributed by atoms with E-state index in [9.17, 15) is 9.90 Å². The number of amidine groups is 1. The predicted octanol–water partition coefficient (Wildman–Crippen LogP) is 1.20. The normalized spacial score (nSPS) is 18.8. The van der Waals surface area contributed by atoms with Crippen LogP contribution in [-0.2, 0) is 16.0 Å². The van der Waals surface area contributed by atoms with Gasteiger partial charge in [-0.05, 0) is 57.9 Å². The van der Waals surface area contributed by atoms with Gasteiger partial charge in [-0.2, -0.15) is 4.99 Å². The first-order valence-corrected chi connectivity index (χ1v) is 10.7. The summed E-state index contributed by atoms with van der Waals surface area (Å²) < 4.78 is 10.5. The average molecular weight is 455 g/mol. The molecule has 1 saturated heterocycles. The zero-order valence-electron chi connectivity index (χ0n) is 18.8. The van der Waals surface area contributed by atoms with Crippen LogP contribution in [0.4, 0.5) is 10.5 Å². The van der Waals surface area contributed by atoms with Crippen molar-refractivity contribution in [3.63, 3.8) is 0 Å². The Balaban J connectivity index is 2.11. The standard InChI is InChI=1S/C21H32ClN5O4/c1-12(2)30-21(29)27-7-6-26(10-13(27)3)11-16-8-17(22)9-18(14(16)4)25-20(24)31-19(23)15(5)28/h8-9,12-13,15,23,28H,6-7,10-11H2,1-5H3,(H2,24,25)/p+1/t13-,15-/m0/s1. The SMILES string of the molecule is Cc1c(CN2CCN(C(=O)OC(C)C)[C@@H](C)C2)cc(Cl)cc1N=C(N)OC(=[NH2+])[C@H](C)O. The summed E-state index contributed by atoms with van der Waals surface area (Å²) in [5.74, 6) is -0.135. The fourth-order valence-electron chi connectivity index (χ4n) is 3.31. The summed E-state index contributed by atoms with van der Waals surface area (Å²) in [6, 6.07) is 3.44. The first-order valence-electron chi connectivity index (χ1n) is 10.3. The number of nitrogens with zero attached hydrogens (tertiary/aromatic N) is 3. The van der Waals surface area contributed by atoms with Crippen molar-refractivity contribution in [2.45, 2.75) is 59.4 Å². The summed E-state index contributed by atoms with van der Waals surface area (Å²) in [5.41, 5.74) is 8.27. The van der Waals surface area contributed by atoms with Crippen molar-refractivity contribution in [1.82, 2.24) is 9.80 Å². The maximum absolute atomic E-state index is 12.3. The van der Waals surface area contributed by atoms with Gasteiger partial charge in [-0.25, -0.2) is 10.2 Å². The van der Waals surface area contributed by atoms with Gasteiger partial charge in [0.25, 0.3) is 6.02 Å². The number of ether oxygens (including phenoxy) is 2. The van der Waals surface area contributed by atoms with Crippen LogP contribution in [0.1, 0.15) is 38.8 Å². The molecule has 1 fully saturated rings. The Labute approximate surface area is 188 Å². The number of aliphatic hydroxyl groups is 1. The Morgan fingerprint density at radius 1 is 1.39 bits per heavy atom. The molecule has 2 atom stereocenters. The van der Waals surface area contributed by atoms with Gasteiger partial charge in [0, 0.05) is 37.2 Å². The second-order valence-corrected chi connectivity index (χ2v) is 8.49. The summed E-state index contributed by atoms with van der Waals surface area (Å²) >= 11 is 6.31. The number of nitrogens with two attached hydrogens (primary N) is 2. The van der Waals surface area contributed by atoms with Gasteiger partial charge in [-0.3, -0.25) is 4.90 Å². The van der Waals surface area contributed by atoms with Crippen LogP contribution in [0.3, 0.4) is 0 Å². The van der Waals surface area contributed by atoms with E-state index in [4.69, 9.17) is 32.2 Å². The van der Waals surface area contributed by atoms with E-state index < -0.39 is 6.10 Å². The average Bonchev–Trinajstić information content (AvgIpc) is 2.64. The summed E-state index contributed by atoms with van der Waals surface area (Å²) in [4.78, 5) is 20.5. The van der Waals surface area contributed by atoms with Crippen molar-refractivity contribution in [2.75, 3.05) is 19.6 Å². The Hall–Kier alpha value is -2.36. The van der Waals surface area contributed by atoms with E-state index >= 15 is 0 Å². The number of carbonyl (C=O) groups is 1. The highest BCUT2D eigenvalue weighted by Gasteiger charge is 2.29. The van der Waals surface area contributed by atoms with Crippen LogP contribution in [0.15, 0.2) is 17.1 Å². The fourth-order valence-corrected chi connectivity index (χ4v) is 3.54. The molecule has 0 radical (unpaired) electrons. The van der Waals surface area contributed by atoms with Gasteiger partial charge in [0.1, 0.15) is 0 Å². The van der Waals surface area contributed by atoms with E-state index in [0.717, 1.165) is 11.1 Å². The number of halogens is 1. The van der Waals surface area contributed by atoms with Crippen molar-refractivity contribution in [3.05, 3.63) is 28.3 Å². The second kappa shape index (κ2) is 10.8.